The molecule has 0 radical (unpaired) electrons. The van der Waals surface area contributed by atoms with E-state index < -0.39 is 6.10 Å². The lowest BCUT2D eigenvalue weighted by molar-refractivity contribution is -0.167. The monoisotopic (exact) mass is 931 g/mol. The predicted molar refractivity (Wildman–Crippen MR) is 288 cm³/mol. The number of esters is 3. The fourth-order valence-corrected chi connectivity index (χ4v) is 7.38. The fraction of sp³-hybridized carbons (Fsp3) is 0.689. The van der Waals surface area contributed by atoms with Crippen LogP contribution in [-0.2, 0) is 28.6 Å². The first-order chi connectivity index (χ1) is 33.0. The molecule has 6 heteroatoms. The van der Waals surface area contributed by atoms with Gasteiger partial charge in [0.15, 0.2) is 6.10 Å². The van der Waals surface area contributed by atoms with E-state index in [1.807, 2.05) is 0 Å². The Morgan fingerprint density at radius 2 is 0.597 bits per heavy atom. The average molecular weight is 931 g/mol. The topological polar surface area (TPSA) is 78.9 Å². The second kappa shape index (κ2) is 54.9. The standard InChI is InChI=1S/C61H102O6/c1-4-7-10-13-16-19-22-25-28-30-33-36-39-42-45-48-51-54-60(63)66-57-58(56-65-59(62)53-50-47-44-41-38-35-32-27-24-21-18-15-12-9-6-3)67-61(64)55-52-49-46-43-40-37-34-31-29-26-23-20-17-14-11-8-5-2/h7,10,16-17,19-21,24-26,28-29,33,36,42,45,58H,4-6,8-9,11-15,18,22-23,27,30-32,34-35,37-41,43-44,46-57H2,1-3H3/b10-7-,19-16-,20-17-,24-21-,28-25-,29-26-,36-33-,45-42-/t58-/m0/s1. The Kier molecular flexibility index (Phi) is 51.9. The zero-order chi connectivity index (χ0) is 48.6. The molecule has 6 nitrogen and oxygen atoms in total. The van der Waals surface area contributed by atoms with Crippen LogP contribution < -0.4 is 0 Å². The molecular formula is C61H102O6. The molecule has 0 bridgehead atoms. The van der Waals surface area contributed by atoms with Crippen LogP contribution in [0.15, 0.2) is 97.2 Å². The fourth-order valence-electron chi connectivity index (χ4n) is 7.38. The number of allylic oxidation sites excluding steroid dienone is 16. The van der Waals surface area contributed by atoms with Crippen molar-refractivity contribution in [3.05, 3.63) is 97.2 Å². The van der Waals surface area contributed by atoms with Crippen molar-refractivity contribution in [2.75, 3.05) is 13.2 Å². The third-order valence-electron chi connectivity index (χ3n) is 11.5. The summed E-state index contributed by atoms with van der Waals surface area (Å²) in [5.74, 6) is -0.973. The van der Waals surface area contributed by atoms with E-state index in [9.17, 15) is 14.4 Å². The molecule has 0 aromatic rings. The zero-order valence-corrected chi connectivity index (χ0v) is 43.6. The molecule has 382 valence electrons. The van der Waals surface area contributed by atoms with Crippen LogP contribution in [0.4, 0.5) is 0 Å². The normalized spacial score (nSPS) is 12.8. The van der Waals surface area contributed by atoms with Gasteiger partial charge in [-0.15, -0.1) is 0 Å². The molecule has 0 rings (SSSR count). The summed E-state index contributed by atoms with van der Waals surface area (Å²) in [4.78, 5) is 38.1. The van der Waals surface area contributed by atoms with Crippen molar-refractivity contribution in [2.24, 2.45) is 0 Å². The van der Waals surface area contributed by atoms with Crippen LogP contribution in [0.2, 0.25) is 0 Å². The molecule has 0 aliphatic heterocycles. The highest BCUT2D eigenvalue weighted by Gasteiger charge is 2.19. The third kappa shape index (κ3) is 53.2. The van der Waals surface area contributed by atoms with Crippen LogP contribution in [0.1, 0.15) is 252 Å². The molecule has 0 saturated heterocycles. The second-order valence-electron chi connectivity index (χ2n) is 18.1. The summed E-state index contributed by atoms with van der Waals surface area (Å²) in [7, 11) is 0. The molecule has 0 aromatic heterocycles. The van der Waals surface area contributed by atoms with Crippen LogP contribution in [0.5, 0.6) is 0 Å². The summed E-state index contributed by atoms with van der Waals surface area (Å²) in [5, 5.41) is 0. The highest BCUT2D eigenvalue weighted by molar-refractivity contribution is 5.71. The Morgan fingerprint density at radius 3 is 1.01 bits per heavy atom. The van der Waals surface area contributed by atoms with Crippen LogP contribution in [0.25, 0.3) is 0 Å². The Balaban J connectivity index is 4.50. The minimum atomic E-state index is -0.807. The van der Waals surface area contributed by atoms with Gasteiger partial charge in [-0.3, -0.25) is 14.4 Å². The molecule has 0 aromatic carbocycles. The molecule has 0 heterocycles. The summed E-state index contributed by atoms with van der Waals surface area (Å²) in [6, 6.07) is 0. The first kappa shape index (κ1) is 63.3. The number of rotatable bonds is 49. The summed E-state index contributed by atoms with van der Waals surface area (Å²) >= 11 is 0. The number of ether oxygens (including phenoxy) is 3. The van der Waals surface area contributed by atoms with Crippen molar-refractivity contribution in [3.8, 4) is 0 Å². The molecule has 0 fully saturated rings. The third-order valence-corrected chi connectivity index (χ3v) is 11.5. The van der Waals surface area contributed by atoms with Crippen molar-refractivity contribution in [2.45, 2.75) is 258 Å². The van der Waals surface area contributed by atoms with Gasteiger partial charge < -0.3 is 14.2 Å². The van der Waals surface area contributed by atoms with Crippen molar-refractivity contribution >= 4 is 17.9 Å². The number of carbonyl (C=O) groups is 3. The highest BCUT2D eigenvalue weighted by Crippen LogP contribution is 2.14. The van der Waals surface area contributed by atoms with E-state index in [4.69, 9.17) is 14.2 Å². The number of unbranched alkanes of at least 4 members (excludes halogenated alkanes) is 22. The summed E-state index contributed by atoms with van der Waals surface area (Å²) < 4.78 is 16.8. The van der Waals surface area contributed by atoms with Gasteiger partial charge in [0.2, 0.25) is 0 Å². The van der Waals surface area contributed by atoms with E-state index in [-0.39, 0.29) is 37.5 Å². The van der Waals surface area contributed by atoms with E-state index in [1.165, 1.54) is 116 Å². The van der Waals surface area contributed by atoms with Crippen molar-refractivity contribution in [3.63, 3.8) is 0 Å². The lowest BCUT2D eigenvalue weighted by atomic mass is 10.1. The largest absolute Gasteiger partial charge is 0.462 e. The van der Waals surface area contributed by atoms with E-state index >= 15 is 0 Å². The summed E-state index contributed by atoms with van der Waals surface area (Å²) in [6.45, 7) is 6.43. The van der Waals surface area contributed by atoms with Gasteiger partial charge in [-0.2, -0.15) is 0 Å². The highest BCUT2D eigenvalue weighted by atomic mass is 16.6. The molecule has 0 aliphatic carbocycles. The van der Waals surface area contributed by atoms with Gasteiger partial charge in [-0.1, -0.05) is 214 Å². The first-order valence-corrected chi connectivity index (χ1v) is 27.7. The first-order valence-electron chi connectivity index (χ1n) is 27.7. The molecule has 0 spiro atoms. The molecule has 1 atom stereocenters. The van der Waals surface area contributed by atoms with Crippen LogP contribution in [0, 0.1) is 0 Å². The molecule has 0 saturated carbocycles. The van der Waals surface area contributed by atoms with Gasteiger partial charge in [0.1, 0.15) is 13.2 Å². The van der Waals surface area contributed by atoms with Gasteiger partial charge in [0.25, 0.3) is 0 Å². The minimum Gasteiger partial charge on any atom is -0.462 e. The van der Waals surface area contributed by atoms with Crippen molar-refractivity contribution < 1.29 is 28.6 Å². The molecule has 0 unspecified atom stereocenters. The summed E-state index contributed by atoms with van der Waals surface area (Å²) in [5.41, 5.74) is 0. The average Bonchev–Trinajstić information content (AvgIpc) is 3.33. The lowest BCUT2D eigenvalue weighted by Crippen LogP contribution is -2.30. The molecule has 0 amide bonds. The van der Waals surface area contributed by atoms with Gasteiger partial charge in [-0.25, -0.2) is 0 Å². The van der Waals surface area contributed by atoms with Crippen molar-refractivity contribution in [1.82, 2.24) is 0 Å². The van der Waals surface area contributed by atoms with Crippen LogP contribution in [0.3, 0.4) is 0 Å². The number of hydrogen-bond acceptors (Lipinski definition) is 6. The molecule has 0 N–H and O–H groups in total. The smallest absolute Gasteiger partial charge is 0.306 e. The van der Waals surface area contributed by atoms with E-state index in [2.05, 4.69) is 118 Å². The van der Waals surface area contributed by atoms with E-state index in [1.54, 1.807) is 0 Å². The van der Waals surface area contributed by atoms with Crippen LogP contribution >= 0.6 is 0 Å². The summed E-state index contributed by atoms with van der Waals surface area (Å²) in [6.07, 6.45) is 72.5. The SMILES string of the molecule is CC/C=C\C/C=C\C/C=C\C/C=C\C/C=C\CCCC(=O)OC[C@H](COC(=O)CCCCCCCCC/C=C\CCCCCC)OC(=O)CCCCCCCCC/C=C\C/C=C\CCCCC. The van der Waals surface area contributed by atoms with E-state index in [0.717, 1.165) is 89.9 Å². The van der Waals surface area contributed by atoms with Gasteiger partial charge in [0.05, 0.1) is 0 Å². The maximum Gasteiger partial charge on any atom is 0.306 e. The predicted octanol–water partition coefficient (Wildman–Crippen LogP) is 18.5. The Bertz CT molecular complexity index is 1350. The van der Waals surface area contributed by atoms with Crippen LogP contribution in [-0.4, -0.2) is 37.2 Å². The minimum absolute atomic E-state index is 0.101. The number of carbonyl (C=O) groups excluding carboxylic acids is 3. The maximum atomic E-state index is 12.8. The zero-order valence-electron chi connectivity index (χ0n) is 43.6. The Hall–Kier alpha value is -3.67. The van der Waals surface area contributed by atoms with Crippen molar-refractivity contribution in [1.29, 1.82) is 0 Å². The second-order valence-corrected chi connectivity index (χ2v) is 18.1. The molecular weight excluding hydrogens is 829 g/mol. The quantitative estimate of drug-likeness (QED) is 0.0262. The Labute approximate surface area is 413 Å². The van der Waals surface area contributed by atoms with Gasteiger partial charge in [-0.05, 0) is 116 Å². The van der Waals surface area contributed by atoms with Gasteiger partial charge in [0, 0.05) is 19.3 Å². The lowest BCUT2D eigenvalue weighted by Gasteiger charge is -2.18. The maximum absolute atomic E-state index is 12.8. The molecule has 67 heavy (non-hydrogen) atoms. The van der Waals surface area contributed by atoms with Gasteiger partial charge >= 0.3 is 17.9 Å². The molecule has 0 aliphatic rings. The Morgan fingerprint density at radius 1 is 0.313 bits per heavy atom. The number of hydrogen-bond donors (Lipinski definition) is 0. The van der Waals surface area contributed by atoms with E-state index in [0.29, 0.717) is 19.3 Å².